The zero-order valence-electron chi connectivity index (χ0n) is 11.5. The maximum absolute atomic E-state index is 12.0. The number of pyridine rings is 1. The molecule has 0 saturated carbocycles. The molecule has 0 atom stereocenters. The minimum atomic E-state index is -0.165. The number of thioether (sulfide) groups is 1. The standard InChI is InChI=1S/C14H9Cl3N4OS/c15-8-1-3-10(4-2-8)18-12(22)7-23-14-20-19-13-11(17)5-9(16)6-21(13)14/h1-6H,7H2,(H,18,22). The number of fused-ring (bicyclic) bond motifs is 1. The number of aromatic nitrogens is 3. The number of carbonyl (C=O) groups excluding carboxylic acids is 1. The van der Waals surface area contributed by atoms with Crippen LogP contribution in [0.15, 0.2) is 41.7 Å². The van der Waals surface area contributed by atoms with E-state index >= 15 is 0 Å². The van der Waals surface area contributed by atoms with Crippen molar-refractivity contribution in [3.05, 3.63) is 51.6 Å². The molecule has 0 radical (unpaired) electrons. The fourth-order valence-corrected chi connectivity index (χ4v) is 3.21. The largest absolute Gasteiger partial charge is 0.325 e. The summed E-state index contributed by atoms with van der Waals surface area (Å²) in [6.45, 7) is 0. The minimum absolute atomic E-state index is 0.165. The van der Waals surface area contributed by atoms with Gasteiger partial charge in [0.05, 0.1) is 15.8 Å². The van der Waals surface area contributed by atoms with E-state index in [1.807, 2.05) is 0 Å². The van der Waals surface area contributed by atoms with Gasteiger partial charge in [-0.25, -0.2) is 0 Å². The summed E-state index contributed by atoms with van der Waals surface area (Å²) in [5.74, 6) is 0.00953. The molecule has 0 spiro atoms. The van der Waals surface area contributed by atoms with Crippen molar-refractivity contribution in [3.63, 3.8) is 0 Å². The predicted molar refractivity (Wildman–Crippen MR) is 93.8 cm³/mol. The van der Waals surface area contributed by atoms with E-state index in [0.29, 0.717) is 31.6 Å². The van der Waals surface area contributed by atoms with Crippen LogP contribution in [-0.4, -0.2) is 26.3 Å². The van der Waals surface area contributed by atoms with E-state index in [9.17, 15) is 4.79 Å². The molecule has 1 aromatic carbocycles. The summed E-state index contributed by atoms with van der Waals surface area (Å²) in [5.41, 5.74) is 1.17. The molecule has 5 nitrogen and oxygen atoms in total. The molecule has 2 heterocycles. The third kappa shape index (κ3) is 3.90. The van der Waals surface area contributed by atoms with Gasteiger partial charge in [-0.15, -0.1) is 10.2 Å². The fraction of sp³-hybridized carbons (Fsp3) is 0.0714. The van der Waals surface area contributed by atoms with Crippen molar-refractivity contribution in [1.29, 1.82) is 0 Å². The number of halogens is 3. The van der Waals surface area contributed by atoms with Crippen LogP contribution < -0.4 is 5.32 Å². The molecule has 0 aliphatic carbocycles. The first-order chi connectivity index (χ1) is 11.0. The Bertz CT molecular complexity index is 866. The zero-order valence-corrected chi connectivity index (χ0v) is 14.5. The topological polar surface area (TPSA) is 59.3 Å². The van der Waals surface area contributed by atoms with Gasteiger partial charge in [0.2, 0.25) is 5.91 Å². The molecule has 23 heavy (non-hydrogen) atoms. The molecule has 0 unspecified atom stereocenters. The molecule has 0 saturated heterocycles. The zero-order chi connectivity index (χ0) is 16.4. The summed E-state index contributed by atoms with van der Waals surface area (Å²) in [6.07, 6.45) is 1.65. The summed E-state index contributed by atoms with van der Waals surface area (Å²) in [5, 5.41) is 12.8. The molecule has 3 aromatic rings. The summed E-state index contributed by atoms with van der Waals surface area (Å²) < 4.78 is 1.66. The number of carbonyl (C=O) groups is 1. The van der Waals surface area contributed by atoms with Crippen molar-refractivity contribution in [1.82, 2.24) is 14.6 Å². The van der Waals surface area contributed by atoms with Gasteiger partial charge in [0.1, 0.15) is 0 Å². The first kappa shape index (κ1) is 16.4. The number of amides is 1. The second-order valence-corrected chi connectivity index (χ2v) is 6.75. The molecular weight excluding hydrogens is 379 g/mol. The highest BCUT2D eigenvalue weighted by Gasteiger charge is 2.12. The number of hydrogen-bond acceptors (Lipinski definition) is 4. The Morgan fingerprint density at radius 3 is 2.61 bits per heavy atom. The number of benzene rings is 1. The van der Waals surface area contributed by atoms with Crippen molar-refractivity contribution in [2.75, 3.05) is 11.1 Å². The van der Waals surface area contributed by atoms with Gasteiger partial charge in [-0.1, -0.05) is 46.6 Å². The lowest BCUT2D eigenvalue weighted by atomic mass is 10.3. The van der Waals surface area contributed by atoms with Gasteiger partial charge in [-0.3, -0.25) is 9.20 Å². The van der Waals surface area contributed by atoms with Crippen LogP contribution >= 0.6 is 46.6 Å². The molecular formula is C14H9Cl3N4OS. The van der Waals surface area contributed by atoms with Crippen molar-refractivity contribution < 1.29 is 4.79 Å². The average Bonchev–Trinajstić information content (AvgIpc) is 2.91. The van der Waals surface area contributed by atoms with Crippen molar-refractivity contribution in [2.45, 2.75) is 5.16 Å². The van der Waals surface area contributed by atoms with E-state index in [2.05, 4.69) is 15.5 Å². The second-order valence-electron chi connectivity index (χ2n) is 4.53. The highest BCUT2D eigenvalue weighted by Crippen LogP contribution is 2.25. The van der Waals surface area contributed by atoms with Crippen molar-refractivity contribution >= 4 is 63.8 Å². The molecule has 2 aromatic heterocycles. The lowest BCUT2D eigenvalue weighted by Gasteiger charge is -2.05. The Hall–Kier alpha value is -1.47. The van der Waals surface area contributed by atoms with Gasteiger partial charge in [0.25, 0.3) is 0 Å². The molecule has 1 amide bonds. The van der Waals surface area contributed by atoms with Gasteiger partial charge < -0.3 is 5.32 Å². The molecule has 0 bridgehead atoms. The van der Waals surface area contributed by atoms with Crippen molar-refractivity contribution in [2.24, 2.45) is 0 Å². The van der Waals surface area contributed by atoms with Gasteiger partial charge in [-0.05, 0) is 30.3 Å². The van der Waals surface area contributed by atoms with Crippen LogP contribution in [0.3, 0.4) is 0 Å². The third-order valence-corrected chi connectivity index (χ3v) is 4.54. The second kappa shape index (κ2) is 6.97. The lowest BCUT2D eigenvalue weighted by Crippen LogP contribution is -2.14. The monoisotopic (exact) mass is 386 g/mol. The molecule has 118 valence electrons. The Morgan fingerprint density at radius 1 is 1.13 bits per heavy atom. The van der Waals surface area contributed by atoms with E-state index in [0.717, 1.165) is 0 Å². The number of hydrogen-bond donors (Lipinski definition) is 1. The van der Waals surface area contributed by atoms with E-state index in [1.54, 1.807) is 40.9 Å². The molecule has 0 aliphatic heterocycles. The van der Waals surface area contributed by atoms with Crippen LogP contribution in [0.2, 0.25) is 15.1 Å². The van der Waals surface area contributed by atoms with E-state index in [-0.39, 0.29) is 11.7 Å². The van der Waals surface area contributed by atoms with Crippen LogP contribution in [-0.2, 0) is 4.79 Å². The van der Waals surface area contributed by atoms with Crippen LogP contribution in [0, 0.1) is 0 Å². The molecule has 0 fully saturated rings. The number of rotatable bonds is 4. The van der Waals surface area contributed by atoms with E-state index in [4.69, 9.17) is 34.8 Å². The maximum Gasteiger partial charge on any atom is 0.234 e. The first-order valence-electron chi connectivity index (χ1n) is 6.41. The summed E-state index contributed by atoms with van der Waals surface area (Å²) in [6, 6.07) is 8.48. The minimum Gasteiger partial charge on any atom is -0.325 e. The van der Waals surface area contributed by atoms with Gasteiger partial charge >= 0.3 is 0 Å². The number of nitrogens with zero attached hydrogens (tertiary/aromatic N) is 3. The van der Waals surface area contributed by atoms with Gasteiger partial charge in [0.15, 0.2) is 10.8 Å². The highest BCUT2D eigenvalue weighted by molar-refractivity contribution is 7.99. The summed E-state index contributed by atoms with van der Waals surface area (Å²) in [7, 11) is 0. The maximum atomic E-state index is 12.0. The molecule has 1 N–H and O–H groups in total. The smallest absolute Gasteiger partial charge is 0.234 e. The number of nitrogens with one attached hydrogen (secondary N) is 1. The Morgan fingerprint density at radius 2 is 1.87 bits per heavy atom. The lowest BCUT2D eigenvalue weighted by molar-refractivity contribution is -0.113. The number of anilines is 1. The first-order valence-corrected chi connectivity index (χ1v) is 8.53. The Labute approximate surface area is 150 Å². The predicted octanol–water partition coefficient (Wildman–Crippen LogP) is 4.42. The summed E-state index contributed by atoms with van der Waals surface area (Å²) >= 11 is 19.1. The van der Waals surface area contributed by atoms with E-state index < -0.39 is 0 Å². The van der Waals surface area contributed by atoms with Crippen molar-refractivity contribution in [3.8, 4) is 0 Å². The summed E-state index contributed by atoms with van der Waals surface area (Å²) in [4.78, 5) is 12.0. The van der Waals surface area contributed by atoms with E-state index in [1.165, 1.54) is 11.8 Å². The highest BCUT2D eigenvalue weighted by atomic mass is 35.5. The fourth-order valence-electron chi connectivity index (χ4n) is 1.86. The Kier molecular flexibility index (Phi) is 4.96. The van der Waals surface area contributed by atoms with Crippen LogP contribution in [0.4, 0.5) is 5.69 Å². The SMILES string of the molecule is O=C(CSc1nnc2c(Cl)cc(Cl)cn12)Nc1ccc(Cl)cc1. The van der Waals surface area contributed by atoms with Crippen LogP contribution in [0.25, 0.3) is 5.65 Å². The third-order valence-electron chi connectivity index (χ3n) is 2.86. The quantitative estimate of drug-likeness (QED) is 0.673. The normalized spacial score (nSPS) is 10.9. The molecule has 3 rings (SSSR count). The average molecular weight is 388 g/mol. The van der Waals surface area contributed by atoms with Gasteiger partial charge in [-0.2, -0.15) is 0 Å². The van der Waals surface area contributed by atoms with Crippen LogP contribution in [0.1, 0.15) is 0 Å². The Balaban J connectivity index is 1.68. The molecule has 9 heteroatoms. The molecule has 0 aliphatic rings. The van der Waals surface area contributed by atoms with Gasteiger partial charge in [0, 0.05) is 16.9 Å². The van der Waals surface area contributed by atoms with Crippen LogP contribution in [0.5, 0.6) is 0 Å².